The van der Waals surface area contributed by atoms with Gasteiger partial charge in [-0.2, -0.15) is 5.26 Å². The van der Waals surface area contributed by atoms with Crippen LogP contribution in [0.5, 0.6) is 5.75 Å². The van der Waals surface area contributed by atoms with Gasteiger partial charge in [-0.3, -0.25) is 4.57 Å². The van der Waals surface area contributed by atoms with E-state index in [0.29, 0.717) is 29.6 Å². The summed E-state index contributed by atoms with van der Waals surface area (Å²) in [5.41, 5.74) is 0.415. The molecule has 2 aromatic rings. The lowest BCUT2D eigenvalue weighted by atomic mass is 10.2. The number of aromatic nitrogens is 3. The molecular formula is C13H14N4O2S. The summed E-state index contributed by atoms with van der Waals surface area (Å²) in [6, 6.07) is 9.01. The summed E-state index contributed by atoms with van der Waals surface area (Å²) in [6.07, 6.45) is 0. The molecule has 0 aliphatic carbocycles. The van der Waals surface area contributed by atoms with E-state index in [9.17, 15) is 4.79 Å². The second-order valence-electron chi connectivity index (χ2n) is 3.89. The van der Waals surface area contributed by atoms with Gasteiger partial charge in [-0.05, 0) is 31.2 Å². The molecule has 0 aliphatic rings. The molecule has 2 rings (SSSR count). The second kappa shape index (κ2) is 6.82. The summed E-state index contributed by atoms with van der Waals surface area (Å²) in [4.78, 5) is 11.4. The van der Waals surface area contributed by atoms with Crippen LogP contribution in [-0.2, 0) is 6.54 Å². The van der Waals surface area contributed by atoms with Crippen LogP contribution in [-0.4, -0.2) is 27.1 Å². The summed E-state index contributed by atoms with van der Waals surface area (Å²) in [7, 11) is 0. The Morgan fingerprint density at radius 1 is 1.45 bits per heavy atom. The first kappa shape index (κ1) is 14.2. The van der Waals surface area contributed by atoms with Crippen LogP contribution in [0.25, 0.3) is 0 Å². The fourth-order valence-electron chi connectivity index (χ4n) is 1.61. The molecule has 6 nitrogen and oxygen atoms in total. The third kappa shape index (κ3) is 3.42. The van der Waals surface area contributed by atoms with E-state index in [-0.39, 0.29) is 5.69 Å². The fourth-order valence-corrected chi connectivity index (χ4v) is 2.44. The van der Waals surface area contributed by atoms with Crippen LogP contribution in [0.4, 0.5) is 0 Å². The zero-order chi connectivity index (χ0) is 14.4. The summed E-state index contributed by atoms with van der Waals surface area (Å²) >= 11 is 1.46. The largest absolute Gasteiger partial charge is 0.493 e. The number of nitrogens with zero attached hydrogens (tertiary/aromatic N) is 3. The standard InChI is InChI=1S/C13H14N4O2S/c1-2-17-12(18)15-16-13(17)20-8-7-19-11-5-3-10(9-14)4-6-11/h3-6H,2,7-8H2,1H3,(H,15,18). The average molecular weight is 290 g/mol. The first-order valence-corrected chi connectivity index (χ1v) is 7.14. The Labute approximate surface area is 120 Å². The Kier molecular flexibility index (Phi) is 4.85. The van der Waals surface area contributed by atoms with Gasteiger partial charge >= 0.3 is 5.69 Å². The van der Waals surface area contributed by atoms with E-state index in [4.69, 9.17) is 10.00 Å². The number of rotatable bonds is 6. The number of thioether (sulfide) groups is 1. The highest BCUT2D eigenvalue weighted by Gasteiger charge is 2.06. The van der Waals surface area contributed by atoms with Crippen molar-refractivity contribution in [3.63, 3.8) is 0 Å². The van der Waals surface area contributed by atoms with E-state index in [2.05, 4.69) is 16.3 Å². The molecule has 0 unspecified atom stereocenters. The summed E-state index contributed by atoms with van der Waals surface area (Å²) < 4.78 is 7.13. The highest BCUT2D eigenvalue weighted by molar-refractivity contribution is 7.99. The van der Waals surface area contributed by atoms with Crippen molar-refractivity contribution in [3.05, 3.63) is 40.3 Å². The van der Waals surface area contributed by atoms with Gasteiger partial charge in [-0.1, -0.05) is 11.8 Å². The molecule has 0 bridgehead atoms. The van der Waals surface area contributed by atoms with Gasteiger partial charge in [0.25, 0.3) is 0 Å². The molecule has 1 aromatic carbocycles. The van der Waals surface area contributed by atoms with Gasteiger partial charge < -0.3 is 4.74 Å². The van der Waals surface area contributed by atoms with Crippen molar-refractivity contribution >= 4 is 11.8 Å². The number of hydrogen-bond donors (Lipinski definition) is 1. The normalized spacial score (nSPS) is 10.2. The number of ether oxygens (including phenoxy) is 1. The summed E-state index contributed by atoms with van der Waals surface area (Å²) in [5, 5.41) is 15.7. The number of nitriles is 1. The summed E-state index contributed by atoms with van der Waals surface area (Å²) in [6.45, 7) is 2.99. The quantitative estimate of drug-likeness (QED) is 0.646. The third-order valence-corrected chi connectivity index (χ3v) is 3.55. The lowest BCUT2D eigenvalue weighted by Crippen LogP contribution is -2.16. The van der Waals surface area contributed by atoms with E-state index >= 15 is 0 Å². The zero-order valence-electron chi connectivity index (χ0n) is 11.0. The van der Waals surface area contributed by atoms with Crippen LogP contribution in [0, 0.1) is 11.3 Å². The predicted molar refractivity (Wildman–Crippen MR) is 75.9 cm³/mol. The van der Waals surface area contributed by atoms with Crippen LogP contribution >= 0.6 is 11.8 Å². The summed E-state index contributed by atoms with van der Waals surface area (Å²) in [5.74, 6) is 1.41. The number of benzene rings is 1. The SMILES string of the molecule is CCn1c(SCCOc2ccc(C#N)cc2)n[nH]c1=O. The molecular weight excluding hydrogens is 276 g/mol. The van der Waals surface area contributed by atoms with Crippen LogP contribution < -0.4 is 10.4 Å². The van der Waals surface area contributed by atoms with Gasteiger partial charge in [0.05, 0.1) is 18.2 Å². The molecule has 0 saturated carbocycles. The van der Waals surface area contributed by atoms with Gasteiger partial charge in [-0.25, -0.2) is 9.89 Å². The Morgan fingerprint density at radius 3 is 2.85 bits per heavy atom. The smallest absolute Gasteiger partial charge is 0.343 e. The minimum Gasteiger partial charge on any atom is -0.493 e. The van der Waals surface area contributed by atoms with E-state index < -0.39 is 0 Å². The van der Waals surface area contributed by atoms with Gasteiger partial charge in [0, 0.05) is 12.3 Å². The fraction of sp³-hybridized carbons (Fsp3) is 0.308. The van der Waals surface area contributed by atoms with Gasteiger partial charge in [0.2, 0.25) is 0 Å². The van der Waals surface area contributed by atoms with Crippen molar-refractivity contribution in [2.24, 2.45) is 0 Å². The molecule has 0 saturated heterocycles. The molecule has 7 heteroatoms. The maximum atomic E-state index is 11.4. The number of hydrogen-bond acceptors (Lipinski definition) is 5. The van der Waals surface area contributed by atoms with E-state index in [0.717, 1.165) is 5.75 Å². The number of nitrogens with one attached hydrogen (secondary N) is 1. The molecule has 104 valence electrons. The number of aromatic amines is 1. The molecule has 1 N–H and O–H groups in total. The highest BCUT2D eigenvalue weighted by Crippen LogP contribution is 2.15. The van der Waals surface area contributed by atoms with Crippen molar-refractivity contribution in [1.29, 1.82) is 5.26 Å². The van der Waals surface area contributed by atoms with Crippen molar-refractivity contribution in [2.75, 3.05) is 12.4 Å². The molecule has 1 heterocycles. The molecule has 1 aromatic heterocycles. The van der Waals surface area contributed by atoms with Crippen LogP contribution in [0.1, 0.15) is 12.5 Å². The van der Waals surface area contributed by atoms with Crippen molar-refractivity contribution in [3.8, 4) is 11.8 Å². The van der Waals surface area contributed by atoms with Gasteiger partial charge in [-0.15, -0.1) is 5.10 Å². The maximum absolute atomic E-state index is 11.4. The Bertz CT molecular complexity index is 654. The van der Waals surface area contributed by atoms with Crippen molar-refractivity contribution < 1.29 is 4.74 Å². The highest BCUT2D eigenvalue weighted by atomic mass is 32.2. The molecule has 0 fully saturated rings. The average Bonchev–Trinajstić information content (AvgIpc) is 2.84. The molecule has 0 spiro atoms. The van der Waals surface area contributed by atoms with Gasteiger partial charge in [0.15, 0.2) is 5.16 Å². The number of H-pyrrole nitrogens is 1. The molecule has 0 aliphatic heterocycles. The molecule has 0 radical (unpaired) electrons. The van der Waals surface area contributed by atoms with E-state index in [1.165, 1.54) is 11.8 Å². The van der Waals surface area contributed by atoms with Gasteiger partial charge in [0.1, 0.15) is 5.75 Å². The zero-order valence-corrected chi connectivity index (χ0v) is 11.8. The molecule has 0 amide bonds. The first-order chi connectivity index (χ1) is 9.74. The molecule has 20 heavy (non-hydrogen) atoms. The van der Waals surface area contributed by atoms with Crippen molar-refractivity contribution in [1.82, 2.24) is 14.8 Å². The Balaban J connectivity index is 1.81. The monoisotopic (exact) mass is 290 g/mol. The first-order valence-electron chi connectivity index (χ1n) is 6.15. The lowest BCUT2D eigenvalue weighted by Gasteiger charge is -2.06. The van der Waals surface area contributed by atoms with E-state index in [1.807, 2.05) is 6.92 Å². The predicted octanol–water partition coefficient (Wildman–Crippen LogP) is 1.63. The Morgan fingerprint density at radius 2 is 2.20 bits per heavy atom. The third-order valence-electron chi connectivity index (χ3n) is 2.61. The van der Waals surface area contributed by atoms with E-state index in [1.54, 1.807) is 28.8 Å². The van der Waals surface area contributed by atoms with Crippen LogP contribution in [0.15, 0.2) is 34.2 Å². The van der Waals surface area contributed by atoms with Crippen LogP contribution in [0.3, 0.4) is 0 Å². The Hall–Kier alpha value is -2.20. The lowest BCUT2D eigenvalue weighted by molar-refractivity contribution is 0.344. The second-order valence-corrected chi connectivity index (χ2v) is 4.95. The minimum absolute atomic E-state index is 0.192. The maximum Gasteiger partial charge on any atom is 0.343 e. The molecule has 0 atom stereocenters. The van der Waals surface area contributed by atoms with Crippen molar-refractivity contribution in [2.45, 2.75) is 18.6 Å². The topological polar surface area (TPSA) is 83.7 Å². The van der Waals surface area contributed by atoms with Crippen LogP contribution in [0.2, 0.25) is 0 Å². The minimum atomic E-state index is -0.192.